The fraction of sp³-hybridized carbons (Fsp3) is 0.421. The van der Waals surface area contributed by atoms with Gasteiger partial charge in [-0.15, -0.1) is 0 Å². The first-order chi connectivity index (χ1) is 12.0. The number of aryl methyl sites for hydroxylation is 1. The molecule has 6 nitrogen and oxygen atoms in total. The molecule has 1 spiro atoms. The first-order valence-corrected chi connectivity index (χ1v) is 8.64. The molecule has 4 rings (SSSR count). The van der Waals surface area contributed by atoms with Crippen LogP contribution in [-0.2, 0) is 11.8 Å². The highest BCUT2D eigenvalue weighted by atomic mass is 16.2. The summed E-state index contributed by atoms with van der Waals surface area (Å²) < 4.78 is 1.56. The van der Waals surface area contributed by atoms with E-state index in [9.17, 15) is 14.4 Å². The Bertz CT molecular complexity index is 923. The number of carbonyl (C=O) groups excluding carboxylic acids is 2. The zero-order chi connectivity index (χ0) is 17.6. The first kappa shape index (κ1) is 15.9. The van der Waals surface area contributed by atoms with Crippen LogP contribution < -0.4 is 10.9 Å². The Morgan fingerprint density at radius 2 is 1.88 bits per heavy atom. The number of amides is 2. The molecule has 1 aromatic heterocycles. The smallest absolute Gasteiger partial charge is 0.254 e. The highest BCUT2D eigenvalue weighted by Gasteiger charge is 2.41. The lowest BCUT2D eigenvalue weighted by Crippen LogP contribution is -2.44. The molecule has 1 aromatic carbocycles. The summed E-state index contributed by atoms with van der Waals surface area (Å²) >= 11 is 0. The summed E-state index contributed by atoms with van der Waals surface area (Å²) in [7, 11) is 1.72. The van der Waals surface area contributed by atoms with Crippen molar-refractivity contribution in [3.05, 3.63) is 46.2 Å². The van der Waals surface area contributed by atoms with Gasteiger partial charge in [-0.1, -0.05) is 18.2 Å². The van der Waals surface area contributed by atoms with Crippen molar-refractivity contribution in [1.82, 2.24) is 14.8 Å². The molecular formula is C19H21N3O3. The van der Waals surface area contributed by atoms with Gasteiger partial charge in [-0.25, -0.2) is 0 Å². The molecule has 2 aromatic rings. The lowest BCUT2D eigenvalue weighted by atomic mass is 9.77. The van der Waals surface area contributed by atoms with Gasteiger partial charge in [0, 0.05) is 44.6 Å². The first-order valence-electron chi connectivity index (χ1n) is 8.64. The number of para-hydroxylation sites is 1. The van der Waals surface area contributed by atoms with Gasteiger partial charge in [-0.05, 0) is 24.3 Å². The zero-order valence-electron chi connectivity index (χ0n) is 14.2. The number of likely N-dealkylation sites (tertiary alicyclic amines) is 1. The van der Waals surface area contributed by atoms with Gasteiger partial charge in [-0.2, -0.15) is 0 Å². The van der Waals surface area contributed by atoms with E-state index in [1.807, 2.05) is 29.2 Å². The van der Waals surface area contributed by atoms with E-state index >= 15 is 0 Å². The molecule has 2 amide bonds. The molecule has 130 valence electrons. The molecule has 0 saturated carbocycles. The Balaban J connectivity index is 1.62. The number of rotatable bonds is 1. The van der Waals surface area contributed by atoms with Crippen molar-refractivity contribution >= 4 is 22.7 Å². The third-order valence-electron chi connectivity index (χ3n) is 5.69. The maximum atomic E-state index is 13.0. The van der Waals surface area contributed by atoms with Crippen molar-refractivity contribution in [3.8, 4) is 0 Å². The minimum absolute atomic E-state index is 0.00273. The zero-order valence-corrected chi connectivity index (χ0v) is 14.2. The lowest BCUT2D eigenvalue weighted by Gasteiger charge is -2.38. The highest BCUT2D eigenvalue weighted by molar-refractivity contribution is 6.06. The van der Waals surface area contributed by atoms with Crippen LogP contribution in [0.5, 0.6) is 0 Å². The Morgan fingerprint density at radius 1 is 1.16 bits per heavy atom. The van der Waals surface area contributed by atoms with E-state index in [0.717, 1.165) is 23.7 Å². The summed E-state index contributed by atoms with van der Waals surface area (Å²) in [5.41, 5.74) is 1.05. The Kier molecular flexibility index (Phi) is 3.63. The fourth-order valence-corrected chi connectivity index (χ4v) is 4.05. The molecule has 25 heavy (non-hydrogen) atoms. The van der Waals surface area contributed by atoms with Crippen LogP contribution >= 0.6 is 0 Å². The molecule has 0 aliphatic carbocycles. The van der Waals surface area contributed by atoms with Crippen LogP contribution in [0.2, 0.25) is 0 Å². The summed E-state index contributed by atoms with van der Waals surface area (Å²) in [6, 6.07) is 8.92. The minimum atomic E-state index is -0.180. The SMILES string of the molecule is Cn1c(=O)cc(C(=O)N2CCC3(CC2)CNC(=O)C3)c2ccccc21. The summed E-state index contributed by atoms with van der Waals surface area (Å²) in [6.45, 7) is 1.96. The number of nitrogens with zero attached hydrogens (tertiary/aromatic N) is 2. The Morgan fingerprint density at radius 3 is 2.56 bits per heavy atom. The number of pyridine rings is 1. The van der Waals surface area contributed by atoms with E-state index in [2.05, 4.69) is 5.32 Å². The highest BCUT2D eigenvalue weighted by Crippen LogP contribution is 2.37. The van der Waals surface area contributed by atoms with Crippen LogP contribution in [-0.4, -0.2) is 40.9 Å². The number of carbonyl (C=O) groups is 2. The van der Waals surface area contributed by atoms with Gasteiger partial charge in [0.15, 0.2) is 0 Å². The fourth-order valence-electron chi connectivity index (χ4n) is 4.05. The van der Waals surface area contributed by atoms with Gasteiger partial charge in [0.25, 0.3) is 11.5 Å². The van der Waals surface area contributed by atoms with Crippen LogP contribution in [0.25, 0.3) is 10.9 Å². The number of piperidine rings is 1. The Hall–Kier alpha value is -2.63. The predicted octanol–water partition coefficient (Wildman–Crippen LogP) is 1.28. The molecule has 2 fully saturated rings. The maximum Gasteiger partial charge on any atom is 0.254 e. The van der Waals surface area contributed by atoms with E-state index in [-0.39, 0.29) is 22.8 Å². The second-order valence-corrected chi connectivity index (χ2v) is 7.22. The number of benzene rings is 1. The van der Waals surface area contributed by atoms with Crippen LogP contribution in [0, 0.1) is 5.41 Å². The molecule has 2 aliphatic rings. The van der Waals surface area contributed by atoms with Crippen LogP contribution in [0.1, 0.15) is 29.6 Å². The summed E-state index contributed by atoms with van der Waals surface area (Å²) in [6.07, 6.45) is 2.20. The number of aromatic nitrogens is 1. The Labute approximate surface area is 145 Å². The molecular weight excluding hydrogens is 318 g/mol. The van der Waals surface area contributed by atoms with Gasteiger partial charge in [-0.3, -0.25) is 14.4 Å². The number of hydrogen-bond donors (Lipinski definition) is 1. The number of nitrogens with one attached hydrogen (secondary N) is 1. The van der Waals surface area contributed by atoms with Gasteiger partial charge >= 0.3 is 0 Å². The van der Waals surface area contributed by atoms with Crippen molar-refractivity contribution < 1.29 is 9.59 Å². The second-order valence-electron chi connectivity index (χ2n) is 7.22. The van der Waals surface area contributed by atoms with Gasteiger partial charge in [0.2, 0.25) is 5.91 Å². The summed E-state index contributed by atoms with van der Waals surface area (Å²) in [4.78, 5) is 38.6. The molecule has 6 heteroatoms. The summed E-state index contributed by atoms with van der Waals surface area (Å²) in [5.74, 6) is 0.0124. The van der Waals surface area contributed by atoms with Crippen molar-refractivity contribution in [3.63, 3.8) is 0 Å². The van der Waals surface area contributed by atoms with Crippen molar-refractivity contribution in [2.24, 2.45) is 12.5 Å². The predicted molar refractivity (Wildman–Crippen MR) is 94.4 cm³/mol. The molecule has 2 aliphatic heterocycles. The van der Waals surface area contributed by atoms with Crippen molar-refractivity contribution in [2.45, 2.75) is 19.3 Å². The topological polar surface area (TPSA) is 71.4 Å². The molecule has 2 saturated heterocycles. The van der Waals surface area contributed by atoms with E-state index in [0.29, 0.717) is 31.6 Å². The van der Waals surface area contributed by atoms with Crippen molar-refractivity contribution in [2.75, 3.05) is 19.6 Å². The monoisotopic (exact) mass is 339 g/mol. The van der Waals surface area contributed by atoms with E-state index in [1.165, 1.54) is 6.07 Å². The van der Waals surface area contributed by atoms with Crippen molar-refractivity contribution in [1.29, 1.82) is 0 Å². The molecule has 0 bridgehead atoms. The van der Waals surface area contributed by atoms with Gasteiger partial charge in [0.1, 0.15) is 0 Å². The lowest BCUT2D eigenvalue weighted by molar-refractivity contribution is -0.119. The average molecular weight is 339 g/mol. The van der Waals surface area contributed by atoms with Crippen LogP contribution in [0.3, 0.4) is 0 Å². The van der Waals surface area contributed by atoms with Crippen LogP contribution in [0.15, 0.2) is 35.1 Å². The average Bonchev–Trinajstić information content (AvgIpc) is 2.98. The van der Waals surface area contributed by atoms with Gasteiger partial charge < -0.3 is 14.8 Å². The third kappa shape index (κ3) is 2.62. The van der Waals surface area contributed by atoms with Gasteiger partial charge in [0.05, 0.1) is 11.1 Å². The number of fused-ring (bicyclic) bond motifs is 1. The molecule has 1 N–H and O–H groups in total. The number of hydrogen-bond acceptors (Lipinski definition) is 3. The maximum absolute atomic E-state index is 13.0. The standard InChI is InChI=1S/C19H21N3O3/c1-21-15-5-3-2-4-13(15)14(10-17(21)24)18(25)22-8-6-19(7-9-22)11-16(23)20-12-19/h2-5,10H,6-9,11-12H2,1H3,(H,20,23). The second kappa shape index (κ2) is 5.72. The summed E-state index contributed by atoms with van der Waals surface area (Å²) in [5, 5.41) is 3.71. The van der Waals surface area contributed by atoms with E-state index < -0.39 is 0 Å². The molecule has 3 heterocycles. The molecule has 0 radical (unpaired) electrons. The quantitative estimate of drug-likeness (QED) is 0.851. The third-order valence-corrected chi connectivity index (χ3v) is 5.69. The van der Waals surface area contributed by atoms with E-state index in [4.69, 9.17) is 0 Å². The van der Waals surface area contributed by atoms with E-state index in [1.54, 1.807) is 11.6 Å². The largest absolute Gasteiger partial charge is 0.356 e. The normalized spacial score (nSPS) is 19.4. The van der Waals surface area contributed by atoms with Crippen LogP contribution in [0.4, 0.5) is 0 Å². The minimum Gasteiger partial charge on any atom is -0.356 e. The molecule has 0 atom stereocenters. The molecule has 0 unspecified atom stereocenters.